The Balaban J connectivity index is 0.000000110. The van der Waals surface area contributed by atoms with Crippen LogP contribution in [0, 0.1) is 5.92 Å². The number of hydrogen-bond donors (Lipinski definition) is 1. The van der Waals surface area contributed by atoms with Crippen LogP contribution in [0.25, 0.3) is 0 Å². The van der Waals surface area contributed by atoms with Crippen molar-refractivity contribution in [3.8, 4) is 0 Å². The molecule has 0 radical (unpaired) electrons. The molecular formula is C12H20O2. The maximum atomic E-state index is 9.12. The molecule has 2 aliphatic carbocycles. The second kappa shape index (κ2) is 4.45. The van der Waals surface area contributed by atoms with Gasteiger partial charge in [-0.1, -0.05) is 12.5 Å². The Morgan fingerprint density at radius 2 is 1.71 bits per heavy atom. The number of aliphatic hydroxyl groups is 1. The number of ether oxygens (including phenoxy) is 1. The van der Waals surface area contributed by atoms with E-state index >= 15 is 0 Å². The minimum atomic E-state index is -0.0903. The van der Waals surface area contributed by atoms with Gasteiger partial charge in [0.2, 0.25) is 0 Å². The van der Waals surface area contributed by atoms with E-state index < -0.39 is 0 Å². The Kier molecular flexibility index (Phi) is 3.24. The number of rotatable bonds is 1. The summed E-state index contributed by atoms with van der Waals surface area (Å²) in [5.41, 5.74) is 0. The molecule has 2 saturated carbocycles. The van der Waals surface area contributed by atoms with E-state index in [1.165, 1.54) is 19.3 Å². The lowest BCUT2D eigenvalue weighted by Crippen LogP contribution is -2.09. The van der Waals surface area contributed by atoms with Gasteiger partial charge >= 0.3 is 0 Å². The molecule has 1 heterocycles. The Morgan fingerprint density at radius 1 is 1.07 bits per heavy atom. The number of aliphatic hydroxyl groups excluding tert-OH is 1. The summed E-state index contributed by atoms with van der Waals surface area (Å²) in [5, 5.41) is 9.12. The first kappa shape index (κ1) is 10.2. The molecule has 0 bridgehead atoms. The van der Waals surface area contributed by atoms with E-state index in [1.54, 1.807) is 0 Å². The van der Waals surface area contributed by atoms with Crippen molar-refractivity contribution in [2.45, 2.75) is 56.8 Å². The fraction of sp³-hybridized carbons (Fsp3) is 0.833. The van der Waals surface area contributed by atoms with Gasteiger partial charge in [-0.25, -0.2) is 0 Å². The Hall–Kier alpha value is -0.340. The van der Waals surface area contributed by atoms with Crippen LogP contribution < -0.4 is 0 Å². The summed E-state index contributed by atoms with van der Waals surface area (Å²) < 4.78 is 5.15. The summed E-state index contributed by atoms with van der Waals surface area (Å²) in [6.07, 6.45) is 10.5. The van der Waals surface area contributed by atoms with E-state index in [2.05, 4.69) is 6.58 Å². The van der Waals surface area contributed by atoms with Crippen LogP contribution in [0.3, 0.4) is 0 Å². The minimum Gasteiger partial charge on any atom is -0.393 e. The van der Waals surface area contributed by atoms with Gasteiger partial charge in [-0.05, 0) is 32.1 Å². The van der Waals surface area contributed by atoms with Gasteiger partial charge in [-0.15, -0.1) is 6.58 Å². The van der Waals surface area contributed by atoms with E-state index in [4.69, 9.17) is 9.84 Å². The van der Waals surface area contributed by atoms with Crippen LogP contribution >= 0.6 is 0 Å². The van der Waals surface area contributed by atoms with Crippen molar-refractivity contribution < 1.29 is 9.84 Å². The molecule has 80 valence electrons. The molecule has 0 amide bonds. The maximum absolute atomic E-state index is 9.12. The van der Waals surface area contributed by atoms with Gasteiger partial charge in [0.1, 0.15) is 0 Å². The Labute approximate surface area is 86.0 Å². The fourth-order valence-electron chi connectivity index (χ4n) is 2.45. The van der Waals surface area contributed by atoms with Gasteiger partial charge in [-0.2, -0.15) is 0 Å². The smallest absolute Gasteiger partial charge is 0.0841 e. The molecule has 14 heavy (non-hydrogen) atoms. The molecule has 0 aromatic carbocycles. The number of epoxide rings is 1. The summed E-state index contributed by atoms with van der Waals surface area (Å²) in [6.45, 7) is 3.63. The largest absolute Gasteiger partial charge is 0.393 e. The highest BCUT2D eigenvalue weighted by atomic mass is 16.6. The normalized spacial score (nSPS) is 43.8. The van der Waals surface area contributed by atoms with E-state index in [1.807, 2.05) is 6.08 Å². The van der Waals surface area contributed by atoms with Crippen LogP contribution in [0.2, 0.25) is 0 Å². The molecule has 0 spiro atoms. The second-order valence-corrected chi connectivity index (χ2v) is 4.54. The third kappa shape index (κ3) is 2.37. The van der Waals surface area contributed by atoms with Gasteiger partial charge in [0.25, 0.3) is 0 Å². The average molecular weight is 196 g/mol. The fourth-order valence-corrected chi connectivity index (χ4v) is 2.45. The topological polar surface area (TPSA) is 32.8 Å². The molecule has 0 aromatic heterocycles. The zero-order valence-electron chi connectivity index (χ0n) is 8.69. The van der Waals surface area contributed by atoms with Crippen molar-refractivity contribution in [1.29, 1.82) is 0 Å². The molecule has 2 unspecified atom stereocenters. The second-order valence-electron chi connectivity index (χ2n) is 4.54. The van der Waals surface area contributed by atoms with Crippen LogP contribution in [-0.4, -0.2) is 23.4 Å². The lowest BCUT2D eigenvalue weighted by molar-refractivity contribution is 0.153. The molecule has 3 fully saturated rings. The molecule has 1 aliphatic heterocycles. The van der Waals surface area contributed by atoms with Crippen LogP contribution in [0.5, 0.6) is 0 Å². The van der Waals surface area contributed by atoms with Gasteiger partial charge in [0.05, 0.1) is 18.3 Å². The van der Waals surface area contributed by atoms with Crippen LogP contribution in [0.1, 0.15) is 38.5 Å². The predicted molar refractivity (Wildman–Crippen MR) is 56.1 cm³/mol. The molecule has 2 heteroatoms. The molecule has 3 rings (SSSR count). The highest BCUT2D eigenvalue weighted by Gasteiger charge is 2.42. The average Bonchev–Trinajstić information content (AvgIpc) is 2.64. The van der Waals surface area contributed by atoms with E-state index in [9.17, 15) is 0 Å². The van der Waals surface area contributed by atoms with Crippen molar-refractivity contribution >= 4 is 0 Å². The van der Waals surface area contributed by atoms with Crippen molar-refractivity contribution in [1.82, 2.24) is 0 Å². The molecule has 3 aliphatic rings. The zero-order chi connectivity index (χ0) is 9.97. The standard InChI is InChI=1S/C7H12O.C5H8O/c1-2-6-4-3-5-7(6)8;1-2-4-5(3-1)6-4/h2,6-8H,1,3-5H2;4-5H,1-3H2/t6-,7-;/m0./s1. The summed E-state index contributed by atoms with van der Waals surface area (Å²) in [7, 11) is 0. The quantitative estimate of drug-likeness (QED) is 0.515. The molecule has 1 N–H and O–H groups in total. The van der Waals surface area contributed by atoms with Crippen LogP contribution in [-0.2, 0) is 4.74 Å². The molecule has 1 saturated heterocycles. The van der Waals surface area contributed by atoms with Crippen molar-refractivity contribution in [3.63, 3.8) is 0 Å². The Bertz CT molecular complexity index is 194. The first-order valence-corrected chi connectivity index (χ1v) is 5.77. The Morgan fingerprint density at radius 3 is 1.93 bits per heavy atom. The monoisotopic (exact) mass is 196 g/mol. The third-order valence-electron chi connectivity index (χ3n) is 3.50. The summed E-state index contributed by atoms with van der Waals surface area (Å²) >= 11 is 0. The molecule has 4 atom stereocenters. The van der Waals surface area contributed by atoms with Gasteiger partial charge in [0.15, 0.2) is 0 Å². The van der Waals surface area contributed by atoms with Crippen molar-refractivity contribution in [2.24, 2.45) is 5.92 Å². The van der Waals surface area contributed by atoms with E-state index in [0.29, 0.717) is 18.1 Å². The lowest BCUT2D eigenvalue weighted by Gasteiger charge is -2.06. The summed E-state index contributed by atoms with van der Waals surface area (Å²) in [5.74, 6) is 0.384. The van der Waals surface area contributed by atoms with Crippen molar-refractivity contribution in [2.75, 3.05) is 0 Å². The zero-order valence-corrected chi connectivity index (χ0v) is 8.69. The maximum Gasteiger partial charge on any atom is 0.0841 e. The van der Waals surface area contributed by atoms with Gasteiger partial charge in [0, 0.05) is 5.92 Å². The molecule has 0 aromatic rings. The van der Waals surface area contributed by atoms with Crippen molar-refractivity contribution in [3.05, 3.63) is 12.7 Å². The lowest BCUT2D eigenvalue weighted by atomic mass is 10.1. The minimum absolute atomic E-state index is 0.0903. The van der Waals surface area contributed by atoms with Crippen LogP contribution in [0.15, 0.2) is 12.7 Å². The van der Waals surface area contributed by atoms with Gasteiger partial charge in [-0.3, -0.25) is 0 Å². The van der Waals surface area contributed by atoms with Gasteiger partial charge < -0.3 is 9.84 Å². The van der Waals surface area contributed by atoms with E-state index in [-0.39, 0.29) is 6.10 Å². The third-order valence-corrected chi connectivity index (χ3v) is 3.50. The van der Waals surface area contributed by atoms with E-state index in [0.717, 1.165) is 19.3 Å². The molecule has 2 nitrogen and oxygen atoms in total. The number of hydrogen-bond acceptors (Lipinski definition) is 2. The number of fused-ring (bicyclic) bond motifs is 1. The first-order valence-electron chi connectivity index (χ1n) is 5.77. The SMILES string of the molecule is C1CC2OC2C1.C=C[C@H]1CCC[C@@H]1O. The summed E-state index contributed by atoms with van der Waals surface area (Å²) in [4.78, 5) is 0. The first-order chi connectivity index (χ1) is 6.81. The highest BCUT2D eigenvalue weighted by molar-refractivity contribution is 4.90. The predicted octanol–water partition coefficient (Wildman–Crippen LogP) is 2.27. The summed E-state index contributed by atoms with van der Waals surface area (Å²) in [6, 6.07) is 0. The molecular weight excluding hydrogens is 176 g/mol. The van der Waals surface area contributed by atoms with Crippen LogP contribution in [0.4, 0.5) is 0 Å². The highest BCUT2D eigenvalue weighted by Crippen LogP contribution is 2.37.